The lowest BCUT2D eigenvalue weighted by Gasteiger charge is -2.33. The van der Waals surface area contributed by atoms with Gasteiger partial charge in [-0.2, -0.15) is 17.5 Å². The smallest absolute Gasteiger partial charge is 0.378 e. The summed E-state index contributed by atoms with van der Waals surface area (Å²) in [6.07, 6.45) is -5.43. The number of nitrogens with zero attached hydrogens (tertiary/aromatic N) is 3. The number of carbonyl (C=O) groups is 1. The molecule has 2 saturated heterocycles. The van der Waals surface area contributed by atoms with Crippen molar-refractivity contribution in [1.29, 1.82) is 0 Å². The van der Waals surface area contributed by atoms with Crippen LogP contribution in [0.25, 0.3) is 0 Å². The van der Waals surface area contributed by atoms with Crippen LogP contribution in [0.1, 0.15) is 12.5 Å². The highest BCUT2D eigenvalue weighted by molar-refractivity contribution is 7.89. The van der Waals surface area contributed by atoms with E-state index in [1.165, 1.54) is 4.90 Å². The molecule has 2 amide bonds. The molecule has 1 atom stereocenters. The Hall–Kier alpha value is -1.85. The average molecular weight is 407 g/mol. The van der Waals surface area contributed by atoms with Crippen LogP contribution in [0.15, 0.2) is 29.2 Å². The Kier molecular flexibility index (Phi) is 5.37. The molecule has 0 saturated carbocycles. The molecule has 0 aliphatic carbocycles. The van der Waals surface area contributed by atoms with E-state index in [1.54, 1.807) is 11.8 Å². The molecule has 2 fully saturated rings. The van der Waals surface area contributed by atoms with Gasteiger partial charge in [-0.15, -0.1) is 0 Å². The number of alkyl halides is 3. The van der Waals surface area contributed by atoms with Gasteiger partial charge in [0.25, 0.3) is 0 Å². The Balaban J connectivity index is 1.81. The minimum Gasteiger partial charge on any atom is -0.378 e. The number of carbonyl (C=O) groups excluding carboxylic acids is 1. The first-order chi connectivity index (χ1) is 12.6. The van der Waals surface area contributed by atoms with Gasteiger partial charge in [-0.05, 0) is 25.1 Å². The predicted octanol–water partition coefficient (Wildman–Crippen LogP) is 1.81. The minimum atomic E-state index is -4.64. The fourth-order valence-corrected chi connectivity index (χ4v) is 4.85. The van der Waals surface area contributed by atoms with Crippen molar-refractivity contribution in [2.75, 3.05) is 39.4 Å². The van der Waals surface area contributed by atoms with Crippen LogP contribution in [0, 0.1) is 0 Å². The van der Waals surface area contributed by atoms with Crippen molar-refractivity contribution in [3.05, 3.63) is 29.8 Å². The summed E-state index contributed by atoms with van der Waals surface area (Å²) in [6.45, 7) is 3.42. The van der Waals surface area contributed by atoms with Crippen molar-refractivity contribution in [3.8, 4) is 0 Å². The molecular weight excluding hydrogens is 387 g/mol. The Labute approximate surface area is 155 Å². The molecule has 0 unspecified atom stereocenters. The van der Waals surface area contributed by atoms with Crippen LogP contribution in [-0.2, 0) is 20.9 Å². The van der Waals surface area contributed by atoms with Crippen molar-refractivity contribution < 1.29 is 31.1 Å². The Morgan fingerprint density at radius 1 is 1.15 bits per heavy atom. The highest BCUT2D eigenvalue weighted by Crippen LogP contribution is 2.32. The van der Waals surface area contributed by atoms with Gasteiger partial charge in [0.15, 0.2) is 0 Å². The van der Waals surface area contributed by atoms with Gasteiger partial charge >= 0.3 is 12.2 Å². The monoisotopic (exact) mass is 407 g/mol. The molecular formula is C16H20F3N3O4S. The van der Waals surface area contributed by atoms with Crippen LogP contribution in [-0.4, -0.2) is 74.1 Å². The molecule has 0 bridgehead atoms. The standard InChI is InChI=1S/C16H20F3N3O4S/c1-12-21(15(23)20-7-9-26-10-8-20)5-6-22(12)27(24,25)14-4-2-3-13(11-14)16(17,18)19/h2-4,11-12H,5-10H2,1H3/t12-/m0/s1. The van der Waals surface area contributed by atoms with Crippen LogP contribution in [0.4, 0.5) is 18.0 Å². The van der Waals surface area contributed by atoms with Gasteiger partial charge in [-0.1, -0.05) is 6.07 Å². The zero-order valence-electron chi connectivity index (χ0n) is 14.6. The maximum absolute atomic E-state index is 12.9. The third-order valence-corrected chi connectivity index (χ3v) is 6.68. The van der Waals surface area contributed by atoms with E-state index in [1.807, 2.05) is 0 Å². The van der Waals surface area contributed by atoms with E-state index >= 15 is 0 Å². The van der Waals surface area contributed by atoms with Crippen LogP contribution in [0.3, 0.4) is 0 Å². The normalized spacial score (nSPS) is 22.3. The Morgan fingerprint density at radius 3 is 2.44 bits per heavy atom. The average Bonchev–Trinajstić information content (AvgIpc) is 3.03. The number of hydrogen-bond donors (Lipinski definition) is 0. The van der Waals surface area contributed by atoms with Crippen LogP contribution >= 0.6 is 0 Å². The summed E-state index contributed by atoms with van der Waals surface area (Å²) >= 11 is 0. The number of amides is 2. The van der Waals surface area contributed by atoms with E-state index in [2.05, 4.69) is 0 Å². The maximum Gasteiger partial charge on any atom is 0.416 e. The van der Waals surface area contributed by atoms with Crippen molar-refractivity contribution >= 4 is 16.1 Å². The molecule has 11 heteroatoms. The zero-order valence-corrected chi connectivity index (χ0v) is 15.5. The first kappa shape index (κ1) is 19.9. The molecule has 3 rings (SSSR count). The molecule has 0 spiro atoms. The van der Waals surface area contributed by atoms with E-state index in [-0.39, 0.29) is 19.1 Å². The van der Waals surface area contributed by atoms with E-state index < -0.39 is 32.8 Å². The van der Waals surface area contributed by atoms with Gasteiger partial charge in [0.1, 0.15) is 0 Å². The second kappa shape index (κ2) is 7.28. The van der Waals surface area contributed by atoms with Crippen molar-refractivity contribution in [3.63, 3.8) is 0 Å². The molecule has 2 aliphatic rings. The molecule has 2 heterocycles. The van der Waals surface area contributed by atoms with Gasteiger partial charge < -0.3 is 14.5 Å². The fourth-order valence-electron chi connectivity index (χ4n) is 3.22. The molecule has 0 N–H and O–H groups in total. The third-order valence-electron chi connectivity index (χ3n) is 4.72. The molecule has 150 valence electrons. The topological polar surface area (TPSA) is 70.2 Å². The lowest BCUT2D eigenvalue weighted by atomic mass is 10.2. The summed E-state index contributed by atoms with van der Waals surface area (Å²) in [5.41, 5.74) is -1.03. The van der Waals surface area contributed by atoms with E-state index in [9.17, 15) is 26.4 Å². The first-order valence-electron chi connectivity index (χ1n) is 8.45. The lowest BCUT2D eigenvalue weighted by molar-refractivity contribution is -0.137. The highest BCUT2D eigenvalue weighted by Gasteiger charge is 2.42. The highest BCUT2D eigenvalue weighted by atomic mass is 32.2. The fraction of sp³-hybridized carbons (Fsp3) is 0.562. The van der Waals surface area contributed by atoms with Crippen LogP contribution in [0.2, 0.25) is 0 Å². The molecule has 0 aromatic heterocycles. The second-order valence-corrected chi connectivity index (χ2v) is 8.24. The quantitative estimate of drug-likeness (QED) is 0.750. The molecule has 1 aromatic carbocycles. The number of halogens is 3. The summed E-state index contributed by atoms with van der Waals surface area (Å²) in [5, 5.41) is 0. The van der Waals surface area contributed by atoms with Crippen molar-refractivity contribution in [2.45, 2.75) is 24.2 Å². The Bertz CT molecular complexity index is 809. The number of morpholine rings is 1. The van der Waals surface area contributed by atoms with Gasteiger partial charge in [-0.3, -0.25) is 0 Å². The number of sulfonamides is 1. The molecule has 1 aromatic rings. The number of ether oxygens (including phenoxy) is 1. The molecule has 27 heavy (non-hydrogen) atoms. The number of urea groups is 1. The van der Waals surface area contributed by atoms with Crippen molar-refractivity contribution in [1.82, 2.24) is 14.1 Å². The summed E-state index contributed by atoms with van der Waals surface area (Å²) in [5.74, 6) is 0. The van der Waals surface area contributed by atoms with E-state index in [0.717, 1.165) is 22.5 Å². The molecule has 0 radical (unpaired) electrons. The molecule has 7 nitrogen and oxygen atoms in total. The van der Waals surface area contributed by atoms with Gasteiger partial charge in [0, 0.05) is 26.2 Å². The van der Waals surface area contributed by atoms with E-state index in [4.69, 9.17) is 4.74 Å². The van der Waals surface area contributed by atoms with Crippen LogP contribution in [0.5, 0.6) is 0 Å². The largest absolute Gasteiger partial charge is 0.416 e. The van der Waals surface area contributed by atoms with Gasteiger partial charge in [-0.25, -0.2) is 13.2 Å². The second-order valence-electron chi connectivity index (χ2n) is 6.35. The summed E-state index contributed by atoms with van der Waals surface area (Å²) < 4.78 is 70.7. The summed E-state index contributed by atoms with van der Waals surface area (Å²) in [7, 11) is -4.17. The third kappa shape index (κ3) is 3.90. The van der Waals surface area contributed by atoms with Crippen molar-refractivity contribution in [2.24, 2.45) is 0 Å². The van der Waals surface area contributed by atoms with E-state index in [0.29, 0.717) is 32.4 Å². The molecule has 2 aliphatic heterocycles. The first-order valence-corrected chi connectivity index (χ1v) is 9.89. The minimum absolute atomic E-state index is 0.0236. The summed E-state index contributed by atoms with van der Waals surface area (Å²) in [4.78, 5) is 15.2. The zero-order chi connectivity index (χ0) is 19.8. The number of benzene rings is 1. The number of rotatable bonds is 2. The number of hydrogen-bond acceptors (Lipinski definition) is 4. The SMILES string of the molecule is C[C@H]1N(C(=O)N2CCOCC2)CCN1S(=O)(=O)c1cccc(C(F)(F)F)c1. The van der Waals surface area contributed by atoms with Crippen LogP contribution < -0.4 is 0 Å². The predicted molar refractivity (Wildman–Crippen MR) is 89.3 cm³/mol. The van der Waals surface area contributed by atoms with Gasteiger partial charge in [0.2, 0.25) is 10.0 Å². The van der Waals surface area contributed by atoms with Gasteiger partial charge in [0.05, 0.1) is 29.8 Å². The Morgan fingerprint density at radius 2 is 1.81 bits per heavy atom. The summed E-state index contributed by atoms with van der Waals surface area (Å²) in [6, 6.07) is 3.33. The maximum atomic E-state index is 12.9. The lowest BCUT2D eigenvalue weighted by Crippen LogP contribution is -2.51.